The van der Waals surface area contributed by atoms with Gasteiger partial charge in [-0.05, 0) is 18.7 Å². The molecule has 0 amide bonds. The number of aliphatic hydroxyl groups is 1. The molecule has 0 saturated carbocycles. The summed E-state index contributed by atoms with van der Waals surface area (Å²) in [7, 11) is 1.81. The molecule has 88 valence electrons. The summed E-state index contributed by atoms with van der Waals surface area (Å²) >= 11 is 0. The Hall–Kier alpha value is -1.66. The fourth-order valence-electron chi connectivity index (χ4n) is 1.38. The SMILES string of the molecule is CN(CCO)Cc1ccc([N+](=O)[O-])c(O)c1. The monoisotopic (exact) mass is 226 g/mol. The predicted molar refractivity (Wildman–Crippen MR) is 58.2 cm³/mol. The standard InChI is InChI=1S/C10H14N2O4/c1-11(4-5-13)7-8-2-3-9(12(15)16)10(14)6-8/h2-3,6,13-14H,4-5,7H2,1H3. The van der Waals surface area contributed by atoms with Crippen molar-refractivity contribution in [2.45, 2.75) is 6.54 Å². The van der Waals surface area contributed by atoms with Crippen molar-refractivity contribution in [2.75, 3.05) is 20.2 Å². The molecule has 0 aliphatic rings. The minimum atomic E-state index is -0.628. The number of aliphatic hydroxyl groups excluding tert-OH is 1. The van der Waals surface area contributed by atoms with Crippen molar-refractivity contribution in [2.24, 2.45) is 0 Å². The van der Waals surface area contributed by atoms with Crippen molar-refractivity contribution in [3.63, 3.8) is 0 Å². The summed E-state index contributed by atoms with van der Waals surface area (Å²) < 4.78 is 0. The molecule has 0 atom stereocenters. The van der Waals surface area contributed by atoms with Crippen LogP contribution in [0, 0.1) is 10.1 Å². The maximum Gasteiger partial charge on any atom is 0.310 e. The second kappa shape index (κ2) is 5.43. The summed E-state index contributed by atoms with van der Waals surface area (Å²) in [5.41, 5.74) is 0.465. The number of hydrogen-bond acceptors (Lipinski definition) is 5. The lowest BCUT2D eigenvalue weighted by molar-refractivity contribution is -0.385. The van der Waals surface area contributed by atoms with E-state index in [2.05, 4.69) is 0 Å². The highest BCUT2D eigenvalue weighted by Crippen LogP contribution is 2.26. The number of rotatable bonds is 5. The third-order valence-electron chi connectivity index (χ3n) is 2.17. The van der Waals surface area contributed by atoms with Crippen LogP contribution in [0.25, 0.3) is 0 Å². The van der Waals surface area contributed by atoms with E-state index in [1.54, 1.807) is 6.07 Å². The predicted octanol–water partition coefficient (Wildman–Crippen LogP) is 0.724. The highest BCUT2D eigenvalue weighted by atomic mass is 16.6. The van der Waals surface area contributed by atoms with Crippen molar-refractivity contribution >= 4 is 5.69 Å². The Balaban J connectivity index is 2.77. The third kappa shape index (κ3) is 3.18. The normalized spacial score (nSPS) is 10.7. The van der Waals surface area contributed by atoms with Gasteiger partial charge < -0.3 is 10.2 Å². The highest BCUT2D eigenvalue weighted by molar-refractivity contribution is 5.47. The fourth-order valence-corrected chi connectivity index (χ4v) is 1.38. The molecule has 16 heavy (non-hydrogen) atoms. The summed E-state index contributed by atoms with van der Waals surface area (Å²) in [6, 6.07) is 4.23. The second-order valence-corrected chi connectivity index (χ2v) is 3.54. The number of phenolic OH excluding ortho intramolecular Hbond substituents is 1. The van der Waals surface area contributed by atoms with Crippen LogP contribution in [0.15, 0.2) is 18.2 Å². The number of nitro groups is 1. The number of phenols is 1. The van der Waals surface area contributed by atoms with E-state index < -0.39 is 4.92 Å². The molecular formula is C10H14N2O4. The number of benzene rings is 1. The summed E-state index contributed by atoms with van der Waals surface area (Å²) in [6.07, 6.45) is 0. The van der Waals surface area contributed by atoms with Gasteiger partial charge in [0.1, 0.15) is 0 Å². The molecule has 0 aromatic heterocycles. The van der Waals surface area contributed by atoms with Crippen LogP contribution in [-0.2, 0) is 6.54 Å². The van der Waals surface area contributed by atoms with Crippen molar-refractivity contribution in [1.29, 1.82) is 0 Å². The lowest BCUT2D eigenvalue weighted by atomic mass is 10.2. The Morgan fingerprint density at radius 1 is 1.50 bits per heavy atom. The molecule has 0 aliphatic carbocycles. The summed E-state index contributed by atoms with van der Waals surface area (Å²) in [5, 5.41) is 28.6. The van der Waals surface area contributed by atoms with E-state index in [-0.39, 0.29) is 18.0 Å². The molecule has 1 aromatic carbocycles. The maximum absolute atomic E-state index is 10.5. The molecule has 0 saturated heterocycles. The minimum absolute atomic E-state index is 0.0511. The van der Waals surface area contributed by atoms with Crippen LogP contribution in [-0.4, -0.2) is 40.2 Å². The van der Waals surface area contributed by atoms with Gasteiger partial charge in [0.2, 0.25) is 0 Å². The molecule has 0 heterocycles. The van der Waals surface area contributed by atoms with E-state index in [0.29, 0.717) is 13.1 Å². The van der Waals surface area contributed by atoms with E-state index in [4.69, 9.17) is 5.11 Å². The molecule has 6 heteroatoms. The quantitative estimate of drug-likeness (QED) is 0.570. The van der Waals surface area contributed by atoms with Crippen molar-refractivity contribution in [1.82, 2.24) is 4.90 Å². The Morgan fingerprint density at radius 2 is 2.19 bits per heavy atom. The van der Waals surface area contributed by atoms with Crippen LogP contribution in [0.5, 0.6) is 5.75 Å². The Labute approximate surface area is 92.9 Å². The van der Waals surface area contributed by atoms with Gasteiger partial charge in [0.15, 0.2) is 5.75 Å². The topological polar surface area (TPSA) is 86.8 Å². The van der Waals surface area contributed by atoms with Crippen LogP contribution in [0.2, 0.25) is 0 Å². The van der Waals surface area contributed by atoms with Crippen LogP contribution in [0.4, 0.5) is 5.69 Å². The smallest absolute Gasteiger partial charge is 0.310 e. The van der Waals surface area contributed by atoms with Gasteiger partial charge in [-0.25, -0.2) is 0 Å². The van der Waals surface area contributed by atoms with Gasteiger partial charge in [-0.1, -0.05) is 6.07 Å². The van der Waals surface area contributed by atoms with Gasteiger partial charge in [0.05, 0.1) is 11.5 Å². The summed E-state index contributed by atoms with van der Waals surface area (Å²) in [5.74, 6) is -0.333. The Kier molecular flexibility index (Phi) is 4.21. The zero-order valence-electron chi connectivity index (χ0n) is 8.96. The first-order valence-electron chi connectivity index (χ1n) is 4.80. The molecule has 0 bridgehead atoms. The van der Waals surface area contributed by atoms with Gasteiger partial charge in [-0.2, -0.15) is 0 Å². The molecule has 1 aromatic rings. The second-order valence-electron chi connectivity index (χ2n) is 3.54. The molecule has 0 unspecified atom stereocenters. The van der Waals surface area contributed by atoms with Crippen molar-refractivity contribution in [3.05, 3.63) is 33.9 Å². The first-order chi connectivity index (χ1) is 7.54. The number of nitrogens with zero attached hydrogens (tertiary/aromatic N) is 2. The zero-order valence-corrected chi connectivity index (χ0v) is 8.96. The number of hydrogen-bond donors (Lipinski definition) is 2. The fraction of sp³-hybridized carbons (Fsp3) is 0.400. The zero-order chi connectivity index (χ0) is 12.1. The van der Waals surface area contributed by atoms with Gasteiger partial charge in [0, 0.05) is 19.2 Å². The lowest BCUT2D eigenvalue weighted by Gasteiger charge is -2.14. The maximum atomic E-state index is 10.5. The number of aromatic hydroxyl groups is 1. The van der Waals surface area contributed by atoms with Crippen LogP contribution in [0.3, 0.4) is 0 Å². The minimum Gasteiger partial charge on any atom is -0.502 e. The molecule has 0 radical (unpaired) electrons. The third-order valence-corrected chi connectivity index (χ3v) is 2.17. The molecule has 6 nitrogen and oxygen atoms in total. The summed E-state index contributed by atoms with van der Waals surface area (Å²) in [4.78, 5) is 11.7. The van der Waals surface area contributed by atoms with Crippen molar-refractivity contribution in [3.8, 4) is 5.75 Å². The summed E-state index contributed by atoms with van der Waals surface area (Å²) in [6.45, 7) is 1.08. The molecule has 1 rings (SSSR count). The molecule has 0 fully saturated rings. The van der Waals surface area contributed by atoms with Crippen LogP contribution >= 0.6 is 0 Å². The van der Waals surface area contributed by atoms with Crippen LogP contribution in [0.1, 0.15) is 5.56 Å². The first kappa shape index (κ1) is 12.4. The van der Waals surface area contributed by atoms with E-state index in [1.807, 2.05) is 11.9 Å². The highest BCUT2D eigenvalue weighted by Gasteiger charge is 2.13. The van der Waals surface area contributed by atoms with Gasteiger partial charge >= 0.3 is 5.69 Å². The largest absolute Gasteiger partial charge is 0.502 e. The Morgan fingerprint density at radius 3 is 2.69 bits per heavy atom. The van der Waals surface area contributed by atoms with Gasteiger partial charge in [-0.3, -0.25) is 15.0 Å². The average molecular weight is 226 g/mol. The van der Waals surface area contributed by atoms with E-state index in [0.717, 1.165) is 5.56 Å². The lowest BCUT2D eigenvalue weighted by Crippen LogP contribution is -2.21. The average Bonchev–Trinajstić information content (AvgIpc) is 2.17. The Bertz CT molecular complexity index is 381. The van der Waals surface area contributed by atoms with Gasteiger partial charge in [0.25, 0.3) is 0 Å². The van der Waals surface area contributed by atoms with Crippen molar-refractivity contribution < 1.29 is 15.1 Å². The molecular weight excluding hydrogens is 212 g/mol. The number of likely N-dealkylation sites (N-methyl/N-ethyl adjacent to an activating group) is 1. The van der Waals surface area contributed by atoms with E-state index >= 15 is 0 Å². The first-order valence-corrected chi connectivity index (χ1v) is 4.80. The number of nitro benzene ring substituents is 1. The van der Waals surface area contributed by atoms with Gasteiger partial charge in [-0.15, -0.1) is 0 Å². The molecule has 2 N–H and O–H groups in total. The van der Waals surface area contributed by atoms with E-state index in [1.165, 1.54) is 12.1 Å². The molecule has 0 aliphatic heterocycles. The molecule has 0 spiro atoms. The van der Waals surface area contributed by atoms with E-state index in [9.17, 15) is 15.2 Å². The van der Waals surface area contributed by atoms with Crippen LogP contribution < -0.4 is 0 Å².